The first-order chi connectivity index (χ1) is 6.17. The van der Waals surface area contributed by atoms with Crippen LogP contribution in [0, 0.1) is 13.8 Å². The standard InChI is InChI=1S/2C3H5.3CO.Cr/c2*1-3-2;3*1-2;/h2*3H,1-2H2;;;;/q2*-1;;;;. The third-order valence-corrected chi connectivity index (χ3v) is 1.03. The van der Waals surface area contributed by atoms with Crippen LogP contribution in [0.5, 0.6) is 0 Å². The Morgan fingerprint density at radius 3 is 1.08 bits per heavy atom. The van der Waals surface area contributed by atoms with Gasteiger partial charge in [0.1, 0.15) is 0 Å². The van der Waals surface area contributed by atoms with E-state index in [1.165, 1.54) is 26.4 Å². The van der Waals surface area contributed by atoms with Gasteiger partial charge >= 0.3 is 41.5 Å². The summed E-state index contributed by atoms with van der Waals surface area (Å²) < 4.78 is 3.69. The molecule has 4 heteroatoms. The van der Waals surface area contributed by atoms with Gasteiger partial charge in [-0.25, -0.2) is 39.2 Å². The topological polar surface area (TPSA) is 51.2 Å². The van der Waals surface area contributed by atoms with Gasteiger partial charge in [-0.1, -0.05) is 0 Å². The van der Waals surface area contributed by atoms with Crippen LogP contribution < -0.4 is 0 Å². The van der Waals surface area contributed by atoms with Crippen LogP contribution in [-0.2, 0) is 27.2 Å². The summed E-state index contributed by atoms with van der Waals surface area (Å²) in [6.07, 6.45) is 3.00. The summed E-state index contributed by atoms with van der Waals surface area (Å²) in [7, 11) is 0. The second-order valence-corrected chi connectivity index (χ2v) is 2.87. The Labute approximate surface area is 81.0 Å². The predicted octanol–water partition coefficient (Wildman–Crippen LogP) is 0.819. The van der Waals surface area contributed by atoms with E-state index in [4.69, 9.17) is 0 Å². The van der Waals surface area contributed by atoms with Gasteiger partial charge in [-0.3, -0.25) is 0 Å². The summed E-state index contributed by atoms with van der Waals surface area (Å²) in [5.41, 5.74) is 0. The van der Waals surface area contributed by atoms with Gasteiger partial charge in [0.25, 0.3) is 0 Å². The summed E-state index contributed by atoms with van der Waals surface area (Å²) in [6, 6.07) is 0. The van der Waals surface area contributed by atoms with Crippen molar-refractivity contribution in [1.82, 2.24) is 0 Å². The molecule has 0 rings (SSSR count). The monoisotopic (exact) mass is 218 g/mol. The number of hydrogen-bond acceptors (Lipinski definition) is 3. The summed E-state index contributed by atoms with van der Waals surface area (Å²) >= 11 is -2.47. The fraction of sp³-hybridized carbons (Fsp3) is 0. The molecule has 0 saturated heterocycles. The van der Waals surface area contributed by atoms with Crippen LogP contribution in [0.4, 0.5) is 0 Å². The molecule has 0 unspecified atom stereocenters. The number of hydrogen-bond donors (Lipinski definition) is 0. The molecule has 0 aromatic carbocycles. The molecule has 0 saturated carbocycles. The minimum atomic E-state index is -2.47. The Morgan fingerprint density at radius 1 is 0.923 bits per heavy atom. The van der Waals surface area contributed by atoms with E-state index in [1.807, 2.05) is 0 Å². The fourth-order valence-corrected chi connectivity index (χ4v) is 0.210. The number of carbonyl (C=O) groups excluding carboxylic acids is 3. The Bertz CT molecular complexity index is 282. The van der Waals surface area contributed by atoms with E-state index in [-0.39, 0.29) is 0 Å². The van der Waals surface area contributed by atoms with E-state index >= 15 is 0 Å². The zero-order valence-corrected chi connectivity index (χ0v) is 8.39. The van der Waals surface area contributed by atoms with Crippen LogP contribution in [0.1, 0.15) is 0 Å². The van der Waals surface area contributed by atoms with Crippen molar-refractivity contribution in [3.8, 4) is 0 Å². The van der Waals surface area contributed by atoms with Crippen molar-refractivity contribution >= 4 is 14.2 Å². The molecule has 0 aliphatic rings. The molecule has 0 heterocycles. The van der Waals surface area contributed by atoms with Crippen LogP contribution in [-0.4, -0.2) is 14.2 Å². The minimum absolute atomic E-state index is 1.23. The first kappa shape index (κ1) is 17.5. The zero-order valence-electron chi connectivity index (χ0n) is 7.12. The molecular weight excluding hydrogens is 208 g/mol. The summed E-state index contributed by atoms with van der Waals surface area (Å²) in [6.45, 7) is 13.0. The average Bonchev–Trinajstić information content (AvgIpc) is 2.10. The van der Waals surface area contributed by atoms with Gasteiger partial charge in [-0.2, -0.15) is 0 Å². The molecule has 72 valence electrons. The van der Waals surface area contributed by atoms with Gasteiger partial charge in [-0.05, 0) is 0 Å². The van der Waals surface area contributed by atoms with Gasteiger partial charge in [0.2, 0.25) is 0 Å². The van der Waals surface area contributed by atoms with Crippen molar-refractivity contribution in [1.29, 1.82) is 0 Å². The van der Waals surface area contributed by atoms with Crippen LogP contribution in [0.2, 0.25) is 0 Å². The third kappa shape index (κ3) is 37.5. The van der Waals surface area contributed by atoms with Gasteiger partial charge in [0.05, 0.1) is 0 Å². The normalized spacial score (nSPS) is 4.62. The van der Waals surface area contributed by atoms with Crippen molar-refractivity contribution in [2.24, 2.45) is 0 Å². The molecule has 0 bridgehead atoms. The second kappa shape index (κ2) is 22.4. The van der Waals surface area contributed by atoms with Gasteiger partial charge in [-0.15, -0.1) is 0 Å². The van der Waals surface area contributed by atoms with E-state index in [9.17, 15) is 14.4 Å². The summed E-state index contributed by atoms with van der Waals surface area (Å²) in [5, 5.41) is 0. The van der Waals surface area contributed by atoms with E-state index in [0.29, 0.717) is 0 Å². The van der Waals surface area contributed by atoms with Crippen molar-refractivity contribution in [3.63, 3.8) is 0 Å². The maximum absolute atomic E-state index is 9.37. The molecule has 3 nitrogen and oxygen atoms in total. The number of rotatable bonds is 0. The first-order valence-electron chi connectivity index (χ1n) is 2.86. The van der Waals surface area contributed by atoms with E-state index < -0.39 is 12.8 Å². The second-order valence-electron chi connectivity index (χ2n) is 1.13. The van der Waals surface area contributed by atoms with Crippen LogP contribution in [0.15, 0.2) is 25.3 Å². The maximum atomic E-state index is 9.37. The molecule has 13 heavy (non-hydrogen) atoms. The summed E-state index contributed by atoms with van der Waals surface area (Å²) in [5.74, 6) is 0. The Hall–Kier alpha value is -1.51. The molecule has 0 aliphatic carbocycles. The Morgan fingerprint density at radius 2 is 1.08 bits per heavy atom. The first-order valence-corrected chi connectivity index (χ1v) is 4.77. The zero-order chi connectivity index (χ0) is 11.1. The fourth-order valence-electron chi connectivity index (χ4n) is 0.0510. The third-order valence-electron chi connectivity index (χ3n) is 0.250. The van der Waals surface area contributed by atoms with Gasteiger partial charge < -0.3 is 0 Å². The van der Waals surface area contributed by atoms with Crippen LogP contribution in [0.25, 0.3) is 0 Å². The predicted molar refractivity (Wildman–Crippen MR) is 48.2 cm³/mol. The van der Waals surface area contributed by atoms with E-state index in [1.54, 1.807) is 0 Å². The van der Waals surface area contributed by atoms with Crippen molar-refractivity contribution in [3.05, 3.63) is 39.2 Å². The molecule has 0 aromatic heterocycles. The van der Waals surface area contributed by atoms with Crippen molar-refractivity contribution < 1.29 is 27.2 Å². The molecule has 0 radical (unpaired) electrons. The molecular formula is C9H10CrO3-2. The van der Waals surface area contributed by atoms with Crippen molar-refractivity contribution in [2.45, 2.75) is 0 Å². The molecule has 0 spiro atoms. The van der Waals surface area contributed by atoms with E-state index in [2.05, 4.69) is 27.0 Å². The summed E-state index contributed by atoms with van der Waals surface area (Å²) in [4.78, 5) is 28.1. The quantitative estimate of drug-likeness (QED) is 0.565. The SMILES string of the molecule is C=C[CH2-].C=C[CH2-].O=[C]=[Cr](=[C]=O)=[C]=O. The molecule has 0 amide bonds. The molecule has 0 aliphatic heterocycles. The van der Waals surface area contributed by atoms with Crippen LogP contribution >= 0.6 is 0 Å². The van der Waals surface area contributed by atoms with Crippen LogP contribution in [0.3, 0.4) is 0 Å². The molecule has 0 fully saturated rings. The molecule has 0 atom stereocenters. The van der Waals surface area contributed by atoms with Gasteiger partial charge in [0, 0.05) is 0 Å². The average molecular weight is 218 g/mol. The van der Waals surface area contributed by atoms with Gasteiger partial charge in [0.15, 0.2) is 0 Å². The Kier molecular flexibility index (Phi) is 30.3. The Balaban J connectivity index is -0.000000140. The molecule has 0 N–H and O–H groups in total. The van der Waals surface area contributed by atoms with Crippen molar-refractivity contribution in [2.75, 3.05) is 0 Å². The van der Waals surface area contributed by atoms with E-state index in [0.717, 1.165) is 0 Å². The molecule has 0 aromatic rings. The number of allylic oxidation sites excluding steroid dienone is 2.